The van der Waals surface area contributed by atoms with Crippen molar-refractivity contribution in [2.45, 2.75) is 64.4 Å². The molecule has 1 aromatic rings. The number of aromatic nitrogens is 2. The van der Waals surface area contributed by atoms with Crippen LogP contribution in [0.5, 0.6) is 0 Å². The molecule has 1 aliphatic heterocycles. The van der Waals surface area contributed by atoms with Gasteiger partial charge in [0.05, 0.1) is 19.7 Å². The van der Waals surface area contributed by atoms with Gasteiger partial charge in [-0.05, 0) is 25.7 Å². The fraction of sp³-hybridized carbons (Fsp3) is 0.722. The van der Waals surface area contributed by atoms with Crippen LogP contribution in [0.25, 0.3) is 0 Å². The molecule has 2 atom stereocenters. The molecule has 140 valence electrons. The van der Waals surface area contributed by atoms with Crippen LogP contribution >= 0.6 is 0 Å². The first-order valence-corrected chi connectivity index (χ1v) is 9.31. The molecule has 0 aliphatic carbocycles. The van der Waals surface area contributed by atoms with Crippen LogP contribution in [0.1, 0.15) is 58.3 Å². The van der Waals surface area contributed by atoms with Gasteiger partial charge in [-0.15, -0.1) is 0 Å². The molecule has 0 saturated heterocycles. The van der Waals surface area contributed by atoms with Gasteiger partial charge in [-0.2, -0.15) is 4.99 Å². The molecule has 2 rings (SSSR count). The van der Waals surface area contributed by atoms with Gasteiger partial charge in [0.25, 0.3) is 0 Å². The lowest BCUT2D eigenvalue weighted by Gasteiger charge is -2.24. The Balaban J connectivity index is 1.80. The lowest BCUT2D eigenvalue weighted by molar-refractivity contribution is 0.150. The Hall–Kier alpha value is -1.73. The van der Waals surface area contributed by atoms with Crippen molar-refractivity contribution >= 4 is 17.8 Å². The van der Waals surface area contributed by atoms with E-state index in [9.17, 15) is 14.7 Å². The van der Waals surface area contributed by atoms with E-state index in [-0.39, 0.29) is 11.7 Å². The molecule has 0 amide bonds. The zero-order valence-electron chi connectivity index (χ0n) is 15.6. The summed E-state index contributed by atoms with van der Waals surface area (Å²) in [6.45, 7) is 2.88. The predicted octanol–water partition coefficient (Wildman–Crippen LogP) is 2.19. The molecule has 7 nitrogen and oxygen atoms in total. The maximum atomic E-state index is 12.2. The summed E-state index contributed by atoms with van der Waals surface area (Å²) in [6, 6.07) is 0. The Labute approximate surface area is 148 Å². The summed E-state index contributed by atoms with van der Waals surface area (Å²) in [5.41, 5.74) is -0.229. The van der Waals surface area contributed by atoms with E-state index in [1.807, 2.05) is 7.05 Å². The number of hydrogen-bond donors (Lipinski definition) is 2. The van der Waals surface area contributed by atoms with E-state index in [4.69, 9.17) is 0 Å². The summed E-state index contributed by atoms with van der Waals surface area (Å²) >= 11 is 0. The highest BCUT2D eigenvalue weighted by Crippen LogP contribution is 2.31. The summed E-state index contributed by atoms with van der Waals surface area (Å²) < 4.78 is 1.73. The van der Waals surface area contributed by atoms with Crippen molar-refractivity contribution in [3.63, 3.8) is 0 Å². The number of rotatable bonds is 10. The number of aliphatic hydroxyl groups is 1. The highest BCUT2D eigenvalue weighted by Gasteiger charge is 2.36. The molecule has 2 heterocycles. The smallest absolute Gasteiger partial charge is 0.330 e. The van der Waals surface area contributed by atoms with Crippen molar-refractivity contribution in [1.82, 2.24) is 14.0 Å². The first kappa shape index (κ1) is 19.6. The minimum atomic E-state index is -0.431. The van der Waals surface area contributed by atoms with E-state index in [1.54, 1.807) is 13.4 Å². The van der Waals surface area contributed by atoms with Crippen LogP contribution < -0.4 is 15.7 Å². The van der Waals surface area contributed by atoms with Crippen LogP contribution in [0.2, 0.25) is 0 Å². The normalized spacial score (nSPS) is 20.0. The van der Waals surface area contributed by atoms with Crippen molar-refractivity contribution < 1.29 is 5.11 Å². The quantitative estimate of drug-likeness (QED) is 0.500. The second kappa shape index (κ2) is 8.58. The van der Waals surface area contributed by atoms with Crippen molar-refractivity contribution in [1.29, 1.82) is 0 Å². The van der Waals surface area contributed by atoms with Gasteiger partial charge in [-0.1, -0.05) is 32.6 Å². The average molecular weight is 351 g/mol. The number of fused-ring (bicyclic) bond motifs is 1. The maximum Gasteiger partial charge on any atom is 0.330 e. The van der Waals surface area contributed by atoms with E-state index < -0.39 is 5.69 Å². The van der Waals surface area contributed by atoms with Crippen LogP contribution in [0.15, 0.2) is 14.6 Å². The SMILES string of the molecule is CCCC(O)CCCCCCC[N+]1(C)C=Nc2c1c(=O)[nH]c(=O)n2C. The van der Waals surface area contributed by atoms with Crippen LogP contribution in [0.3, 0.4) is 0 Å². The van der Waals surface area contributed by atoms with E-state index in [0.717, 1.165) is 57.9 Å². The lowest BCUT2D eigenvalue weighted by atomic mass is 10.0. The molecule has 0 spiro atoms. The fourth-order valence-corrected chi connectivity index (χ4v) is 3.44. The summed E-state index contributed by atoms with van der Waals surface area (Å²) in [6.07, 6.45) is 9.83. The maximum absolute atomic E-state index is 12.2. The highest BCUT2D eigenvalue weighted by molar-refractivity contribution is 5.86. The molecule has 25 heavy (non-hydrogen) atoms. The average Bonchev–Trinajstić information content (AvgIpc) is 2.90. The van der Waals surface area contributed by atoms with Crippen LogP contribution in [-0.4, -0.2) is 40.7 Å². The predicted molar refractivity (Wildman–Crippen MR) is 102 cm³/mol. The minimum Gasteiger partial charge on any atom is -0.393 e. The number of nitrogens with one attached hydrogen (secondary N) is 1. The van der Waals surface area contributed by atoms with Crippen LogP contribution in [0.4, 0.5) is 11.5 Å². The fourth-order valence-electron chi connectivity index (χ4n) is 3.44. The number of H-pyrrole nitrogens is 1. The van der Waals surface area contributed by atoms with Crippen molar-refractivity contribution in [3.8, 4) is 0 Å². The van der Waals surface area contributed by atoms with Crippen LogP contribution in [0, 0.1) is 0 Å². The van der Waals surface area contributed by atoms with E-state index in [2.05, 4.69) is 16.9 Å². The molecular formula is C18H31N4O3+. The van der Waals surface area contributed by atoms with Crippen molar-refractivity contribution in [2.75, 3.05) is 13.6 Å². The molecule has 0 bridgehead atoms. The topological polar surface area (TPSA) is 87.5 Å². The summed E-state index contributed by atoms with van der Waals surface area (Å²) in [5, 5.41) is 9.72. The Kier molecular flexibility index (Phi) is 6.72. The van der Waals surface area contributed by atoms with Gasteiger partial charge in [0.1, 0.15) is 0 Å². The molecular weight excluding hydrogens is 320 g/mol. The number of nitrogens with zero attached hydrogens (tertiary/aromatic N) is 3. The first-order valence-electron chi connectivity index (χ1n) is 9.31. The van der Waals surface area contributed by atoms with Crippen LogP contribution in [-0.2, 0) is 7.05 Å². The third-order valence-electron chi connectivity index (χ3n) is 5.00. The number of aliphatic hydroxyl groups excluding tert-OH is 1. The Morgan fingerprint density at radius 3 is 2.60 bits per heavy atom. The third-order valence-corrected chi connectivity index (χ3v) is 5.00. The van der Waals surface area contributed by atoms with Crippen molar-refractivity contribution in [3.05, 3.63) is 20.8 Å². The molecule has 0 radical (unpaired) electrons. The lowest BCUT2D eigenvalue weighted by Crippen LogP contribution is -2.47. The standard InChI is InChI=1S/C18H30N4O3/c1-4-10-14(23)11-8-6-5-7-9-12-22(3)13-19-16-15(22)17(24)20-18(25)21(16)2/h13-14,23H,4-12H2,1-3H3/p+1. The molecule has 0 fully saturated rings. The van der Waals surface area contributed by atoms with Gasteiger partial charge in [0.2, 0.25) is 11.5 Å². The van der Waals surface area contributed by atoms with Gasteiger partial charge in [0, 0.05) is 7.05 Å². The zero-order chi connectivity index (χ0) is 18.4. The Morgan fingerprint density at radius 1 is 1.20 bits per heavy atom. The first-order chi connectivity index (χ1) is 11.9. The van der Waals surface area contributed by atoms with Gasteiger partial charge < -0.3 is 5.11 Å². The van der Waals surface area contributed by atoms with E-state index >= 15 is 0 Å². The van der Waals surface area contributed by atoms with Crippen molar-refractivity contribution in [2.24, 2.45) is 12.0 Å². The molecule has 7 heteroatoms. The monoisotopic (exact) mass is 351 g/mol. The summed E-state index contributed by atoms with van der Waals surface area (Å²) in [5.74, 6) is 0.459. The van der Waals surface area contributed by atoms with E-state index in [1.165, 1.54) is 4.57 Å². The Morgan fingerprint density at radius 2 is 1.88 bits per heavy atom. The highest BCUT2D eigenvalue weighted by atomic mass is 16.3. The molecule has 0 aromatic carbocycles. The molecule has 1 aromatic heterocycles. The molecule has 1 aliphatic rings. The molecule has 2 N–H and O–H groups in total. The Bertz CT molecular complexity index is 722. The molecule has 2 unspecified atom stereocenters. The zero-order valence-corrected chi connectivity index (χ0v) is 15.6. The number of unbranched alkanes of at least 4 members (excludes halogenated alkanes) is 4. The second-order valence-electron chi connectivity index (χ2n) is 7.23. The number of aliphatic imine (C=N–C) groups is 1. The minimum absolute atomic E-state index is 0.148. The van der Waals surface area contributed by atoms with Gasteiger partial charge in [-0.25, -0.2) is 9.28 Å². The summed E-state index contributed by atoms with van der Waals surface area (Å²) in [7, 11) is 3.58. The number of quaternary nitrogens is 1. The third kappa shape index (κ3) is 4.67. The van der Waals surface area contributed by atoms with Gasteiger partial charge >= 0.3 is 11.2 Å². The number of aromatic amines is 1. The van der Waals surface area contributed by atoms with E-state index in [0.29, 0.717) is 16.0 Å². The van der Waals surface area contributed by atoms with Gasteiger partial charge in [0.15, 0.2) is 6.34 Å². The largest absolute Gasteiger partial charge is 0.393 e. The summed E-state index contributed by atoms with van der Waals surface area (Å²) in [4.78, 5) is 30.5. The second-order valence-corrected chi connectivity index (χ2v) is 7.23. The number of hydrogen-bond acceptors (Lipinski definition) is 4. The van der Waals surface area contributed by atoms with Gasteiger partial charge in [-0.3, -0.25) is 14.3 Å². The molecule has 0 saturated carbocycles.